The first-order valence-electron chi connectivity index (χ1n) is 8.23. The predicted molar refractivity (Wildman–Crippen MR) is 89.1 cm³/mol. The van der Waals surface area contributed by atoms with Crippen molar-refractivity contribution in [1.29, 1.82) is 0 Å². The lowest BCUT2D eigenvalue weighted by molar-refractivity contribution is 0.00578. The van der Waals surface area contributed by atoms with Gasteiger partial charge in [-0.1, -0.05) is 0 Å². The molecule has 0 spiro atoms. The van der Waals surface area contributed by atoms with Crippen molar-refractivity contribution in [3.05, 3.63) is 36.3 Å². The van der Waals surface area contributed by atoms with E-state index < -0.39 is 7.12 Å². The molecular weight excluding hydrogens is 289 g/mol. The van der Waals surface area contributed by atoms with Gasteiger partial charge in [0.2, 0.25) is 0 Å². The zero-order valence-electron chi connectivity index (χ0n) is 14.1. The summed E-state index contributed by atoms with van der Waals surface area (Å²) < 4.78 is 14.0. The minimum Gasteiger partial charge on any atom is -0.398 e. The summed E-state index contributed by atoms with van der Waals surface area (Å²) in [5, 5.41) is 4.65. The third-order valence-corrected chi connectivity index (χ3v) is 5.13. The van der Waals surface area contributed by atoms with E-state index in [1.54, 1.807) is 0 Å². The highest BCUT2D eigenvalue weighted by Gasteiger charge is 2.52. The van der Waals surface area contributed by atoms with E-state index in [0.717, 1.165) is 17.0 Å². The number of hydrogen-bond acceptors (Lipinski definition) is 4. The standard InChI is InChI=1S/C17H22BN3O2/c1-16(2)17(3,4)23-18(22-16)15-8-10-21(20-15)13-7-9-19-14(11-13)12-5-6-12/h7-12H,5-6H2,1-4H3. The molecule has 2 aromatic rings. The van der Waals surface area contributed by atoms with Crippen LogP contribution in [0.25, 0.3) is 5.69 Å². The Bertz CT molecular complexity index is 721. The summed E-state index contributed by atoms with van der Waals surface area (Å²) in [7, 11) is -0.425. The first-order chi connectivity index (χ1) is 10.9. The van der Waals surface area contributed by atoms with Crippen molar-refractivity contribution in [2.75, 3.05) is 0 Å². The maximum Gasteiger partial charge on any atom is 0.516 e. The number of nitrogens with zero attached hydrogens (tertiary/aromatic N) is 3. The quantitative estimate of drug-likeness (QED) is 0.817. The summed E-state index contributed by atoms with van der Waals surface area (Å²) >= 11 is 0. The van der Waals surface area contributed by atoms with Crippen LogP contribution in [0.2, 0.25) is 0 Å². The van der Waals surface area contributed by atoms with Gasteiger partial charge in [0, 0.05) is 24.0 Å². The molecule has 0 N–H and O–H groups in total. The molecule has 1 saturated heterocycles. The number of aromatic nitrogens is 3. The van der Waals surface area contributed by atoms with Crippen LogP contribution in [-0.4, -0.2) is 33.1 Å². The van der Waals surface area contributed by atoms with Crippen molar-refractivity contribution in [2.24, 2.45) is 0 Å². The van der Waals surface area contributed by atoms with Crippen molar-refractivity contribution >= 4 is 12.7 Å². The summed E-state index contributed by atoms with van der Waals surface area (Å²) in [5.74, 6) is 0.632. The van der Waals surface area contributed by atoms with E-state index in [-0.39, 0.29) is 11.2 Å². The third kappa shape index (κ3) is 2.60. The van der Waals surface area contributed by atoms with Crippen molar-refractivity contribution in [3.8, 4) is 5.69 Å². The normalized spacial score (nSPS) is 22.5. The van der Waals surface area contributed by atoms with E-state index in [2.05, 4.69) is 43.8 Å². The van der Waals surface area contributed by atoms with E-state index in [1.165, 1.54) is 12.8 Å². The first kappa shape index (κ1) is 14.9. The Morgan fingerprint density at radius 1 is 1.13 bits per heavy atom. The average Bonchev–Trinajstić information content (AvgIpc) is 3.17. The number of hydrogen-bond donors (Lipinski definition) is 0. The molecule has 5 nitrogen and oxygen atoms in total. The minimum atomic E-state index is -0.425. The molecular formula is C17H22BN3O2. The topological polar surface area (TPSA) is 49.2 Å². The van der Waals surface area contributed by atoms with Gasteiger partial charge in [0.1, 0.15) is 0 Å². The fraction of sp³-hybridized carbons (Fsp3) is 0.529. The largest absolute Gasteiger partial charge is 0.516 e. The van der Waals surface area contributed by atoms with Gasteiger partial charge in [-0.05, 0) is 58.7 Å². The molecule has 1 saturated carbocycles. The van der Waals surface area contributed by atoms with E-state index >= 15 is 0 Å². The predicted octanol–water partition coefficient (Wildman–Crippen LogP) is 2.44. The van der Waals surface area contributed by atoms with Crippen LogP contribution in [0.4, 0.5) is 0 Å². The van der Waals surface area contributed by atoms with E-state index in [1.807, 2.05) is 29.2 Å². The van der Waals surface area contributed by atoms with Crippen LogP contribution in [-0.2, 0) is 9.31 Å². The lowest BCUT2D eigenvalue weighted by atomic mass is 9.85. The van der Waals surface area contributed by atoms with Crippen molar-refractivity contribution in [2.45, 2.75) is 57.7 Å². The van der Waals surface area contributed by atoms with Crippen molar-refractivity contribution < 1.29 is 9.31 Å². The molecule has 1 aliphatic carbocycles. The molecule has 23 heavy (non-hydrogen) atoms. The van der Waals surface area contributed by atoms with Gasteiger partial charge in [-0.25, -0.2) is 4.68 Å². The maximum atomic E-state index is 6.06. The molecule has 1 aliphatic heterocycles. The Morgan fingerprint density at radius 3 is 2.48 bits per heavy atom. The van der Waals surface area contributed by atoms with E-state index in [4.69, 9.17) is 9.31 Å². The van der Waals surface area contributed by atoms with Crippen LogP contribution in [0, 0.1) is 0 Å². The summed E-state index contributed by atoms with van der Waals surface area (Å²) in [5.41, 5.74) is 2.29. The van der Waals surface area contributed by atoms with Crippen molar-refractivity contribution in [3.63, 3.8) is 0 Å². The molecule has 120 valence electrons. The fourth-order valence-electron chi connectivity index (χ4n) is 2.75. The molecule has 0 atom stereocenters. The van der Waals surface area contributed by atoms with Gasteiger partial charge in [0.25, 0.3) is 0 Å². The van der Waals surface area contributed by atoms with Gasteiger partial charge < -0.3 is 9.31 Å². The lowest BCUT2D eigenvalue weighted by Crippen LogP contribution is -2.41. The maximum absolute atomic E-state index is 6.06. The fourth-order valence-corrected chi connectivity index (χ4v) is 2.75. The molecule has 3 heterocycles. The van der Waals surface area contributed by atoms with Crippen LogP contribution < -0.4 is 5.59 Å². The van der Waals surface area contributed by atoms with Gasteiger partial charge in [-0.15, -0.1) is 0 Å². The van der Waals surface area contributed by atoms with Gasteiger partial charge in [-0.3, -0.25) is 4.98 Å². The summed E-state index contributed by atoms with van der Waals surface area (Å²) in [6, 6.07) is 6.06. The van der Waals surface area contributed by atoms with Crippen molar-refractivity contribution in [1.82, 2.24) is 14.8 Å². The second-order valence-corrected chi connectivity index (χ2v) is 7.49. The smallest absolute Gasteiger partial charge is 0.398 e. The monoisotopic (exact) mass is 311 g/mol. The van der Waals surface area contributed by atoms with Crippen LogP contribution in [0.3, 0.4) is 0 Å². The van der Waals surface area contributed by atoms with Crippen LogP contribution in [0.1, 0.15) is 52.1 Å². The second kappa shape index (κ2) is 4.92. The molecule has 2 aromatic heterocycles. The van der Waals surface area contributed by atoms with Crippen LogP contribution in [0.5, 0.6) is 0 Å². The molecule has 0 amide bonds. The number of rotatable bonds is 3. The van der Waals surface area contributed by atoms with Gasteiger partial charge in [0.15, 0.2) is 0 Å². The molecule has 0 unspecified atom stereocenters. The van der Waals surface area contributed by atoms with Gasteiger partial charge in [-0.2, -0.15) is 5.10 Å². The summed E-state index contributed by atoms with van der Waals surface area (Å²) in [6.45, 7) is 8.20. The summed E-state index contributed by atoms with van der Waals surface area (Å²) in [4.78, 5) is 4.46. The summed E-state index contributed by atoms with van der Waals surface area (Å²) in [6.07, 6.45) is 6.30. The molecule has 4 rings (SSSR count). The van der Waals surface area contributed by atoms with E-state index in [9.17, 15) is 0 Å². The second-order valence-electron chi connectivity index (χ2n) is 7.49. The average molecular weight is 311 g/mol. The Balaban J connectivity index is 1.59. The minimum absolute atomic E-state index is 0.350. The Morgan fingerprint density at radius 2 is 1.83 bits per heavy atom. The Labute approximate surface area is 137 Å². The molecule has 0 radical (unpaired) electrons. The molecule has 0 aromatic carbocycles. The van der Waals surface area contributed by atoms with Crippen LogP contribution in [0.15, 0.2) is 30.6 Å². The molecule has 0 bridgehead atoms. The molecule has 2 fully saturated rings. The molecule has 6 heteroatoms. The Kier molecular flexibility index (Phi) is 3.19. The van der Waals surface area contributed by atoms with Gasteiger partial charge >= 0.3 is 7.12 Å². The first-order valence-corrected chi connectivity index (χ1v) is 8.23. The van der Waals surface area contributed by atoms with Crippen LogP contribution >= 0.6 is 0 Å². The third-order valence-electron chi connectivity index (χ3n) is 5.13. The van der Waals surface area contributed by atoms with Gasteiger partial charge in [0.05, 0.1) is 22.5 Å². The number of pyridine rings is 1. The highest BCUT2D eigenvalue weighted by atomic mass is 16.7. The zero-order valence-corrected chi connectivity index (χ0v) is 14.1. The SMILES string of the molecule is CC1(C)OB(c2ccn(-c3ccnc(C4CC4)c3)n2)OC1(C)C. The highest BCUT2D eigenvalue weighted by molar-refractivity contribution is 6.61. The molecule has 2 aliphatic rings. The highest BCUT2D eigenvalue weighted by Crippen LogP contribution is 2.39. The zero-order chi connectivity index (χ0) is 16.2. The van der Waals surface area contributed by atoms with E-state index in [0.29, 0.717) is 5.92 Å². The lowest BCUT2D eigenvalue weighted by Gasteiger charge is -2.32. The Hall–Kier alpha value is -1.66.